The van der Waals surface area contributed by atoms with Gasteiger partial charge in [-0.15, -0.1) is 0 Å². The third kappa shape index (κ3) is 7.77. The molecule has 0 aliphatic rings. The van der Waals surface area contributed by atoms with E-state index >= 15 is 0 Å². The number of nitrogens with two attached hydrogens (primary N) is 1. The topological polar surface area (TPSA) is 122 Å². The van der Waals surface area contributed by atoms with E-state index in [0.717, 1.165) is 12.8 Å². The van der Waals surface area contributed by atoms with Gasteiger partial charge in [-0.3, -0.25) is 19.6 Å². The van der Waals surface area contributed by atoms with Gasteiger partial charge in [0.15, 0.2) is 0 Å². The van der Waals surface area contributed by atoms with Crippen molar-refractivity contribution >= 4 is 23.8 Å². The van der Waals surface area contributed by atoms with Gasteiger partial charge in [0, 0.05) is 24.6 Å². The van der Waals surface area contributed by atoms with Crippen LogP contribution in [-0.4, -0.2) is 29.5 Å². The van der Waals surface area contributed by atoms with E-state index in [4.69, 9.17) is 10.9 Å². The molecular formula is C16H21N3O4. The lowest BCUT2D eigenvalue weighted by Gasteiger charge is -2.02. The van der Waals surface area contributed by atoms with Crippen molar-refractivity contribution in [1.29, 1.82) is 0 Å². The van der Waals surface area contributed by atoms with Crippen molar-refractivity contribution in [3.63, 3.8) is 0 Å². The Bertz CT molecular complexity index is 584. The Morgan fingerprint density at radius 1 is 1.17 bits per heavy atom. The van der Waals surface area contributed by atoms with Gasteiger partial charge >= 0.3 is 0 Å². The average molecular weight is 319 g/mol. The highest BCUT2D eigenvalue weighted by Crippen LogP contribution is 2.06. The molecule has 0 atom stereocenters. The van der Waals surface area contributed by atoms with Crippen LogP contribution in [0.3, 0.4) is 0 Å². The Labute approximate surface area is 134 Å². The molecule has 0 unspecified atom stereocenters. The number of amides is 3. The summed E-state index contributed by atoms with van der Waals surface area (Å²) in [6, 6.07) is 6.68. The molecule has 0 aliphatic carbocycles. The highest BCUT2D eigenvalue weighted by Gasteiger charge is 2.01. The summed E-state index contributed by atoms with van der Waals surface area (Å²) in [6.07, 6.45) is 5.43. The maximum atomic E-state index is 11.6. The monoisotopic (exact) mass is 319 g/mol. The van der Waals surface area contributed by atoms with Gasteiger partial charge in [-0.05, 0) is 36.6 Å². The second-order valence-corrected chi connectivity index (χ2v) is 4.96. The summed E-state index contributed by atoms with van der Waals surface area (Å²) in [7, 11) is 0. The van der Waals surface area contributed by atoms with Gasteiger partial charge in [-0.2, -0.15) is 0 Å². The van der Waals surface area contributed by atoms with E-state index in [2.05, 4.69) is 5.32 Å². The summed E-state index contributed by atoms with van der Waals surface area (Å²) in [6.45, 7) is 0.505. The number of hydroxylamine groups is 1. The number of nitrogens with one attached hydrogen (secondary N) is 2. The molecule has 0 radical (unpaired) electrons. The van der Waals surface area contributed by atoms with Crippen LogP contribution in [-0.2, 0) is 9.59 Å². The predicted octanol–water partition coefficient (Wildman–Crippen LogP) is 0.981. The number of rotatable bonds is 9. The Hall–Kier alpha value is -2.67. The van der Waals surface area contributed by atoms with E-state index in [0.29, 0.717) is 24.1 Å². The van der Waals surface area contributed by atoms with Gasteiger partial charge in [0.05, 0.1) is 0 Å². The van der Waals surface area contributed by atoms with Crippen molar-refractivity contribution in [3.05, 3.63) is 41.5 Å². The van der Waals surface area contributed by atoms with Crippen LogP contribution < -0.4 is 16.5 Å². The zero-order valence-corrected chi connectivity index (χ0v) is 12.7. The van der Waals surface area contributed by atoms with Crippen LogP contribution in [0.25, 0.3) is 6.08 Å². The van der Waals surface area contributed by atoms with Gasteiger partial charge in [0.25, 0.3) is 0 Å². The lowest BCUT2D eigenvalue weighted by molar-refractivity contribution is -0.129. The molecule has 7 nitrogen and oxygen atoms in total. The molecule has 124 valence electrons. The van der Waals surface area contributed by atoms with E-state index in [9.17, 15) is 14.4 Å². The Morgan fingerprint density at radius 3 is 2.65 bits per heavy atom. The second-order valence-electron chi connectivity index (χ2n) is 4.96. The van der Waals surface area contributed by atoms with Gasteiger partial charge in [-0.1, -0.05) is 18.6 Å². The van der Waals surface area contributed by atoms with Crippen LogP contribution in [0.1, 0.15) is 41.6 Å². The molecule has 5 N–H and O–H groups in total. The number of hydrogen-bond donors (Lipinski definition) is 4. The number of unbranched alkanes of at least 4 members (excludes halogenated alkanes) is 2. The Balaban J connectivity index is 2.27. The van der Waals surface area contributed by atoms with Crippen LogP contribution in [0.2, 0.25) is 0 Å². The minimum absolute atomic E-state index is 0.234. The zero-order chi connectivity index (χ0) is 17.1. The van der Waals surface area contributed by atoms with Crippen LogP contribution in [0, 0.1) is 0 Å². The molecule has 0 bridgehead atoms. The summed E-state index contributed by atoms with van der Waals surface area (Å²) >= 11 is 0. The third-order valence-corrected chi connectivity index (χ3v) is 3.10. The third-order valence-electron chi connectivity index (χ3n) is 3.10. The van der Waals surface area contributed by atoms with Crippen LogP contribution in [0.15, 0.2) is 30.3 Å². The van der Waals surface area contributed by atoms with Gasteiger partial charge in [0.1, 0.15) is 0 Å². The van der Waals surface area contributed by atoms with Gasteiger partial charge in [0.2, 0.25) is 17.7 Å². The number of carbonyl (C=O) groups excluding carboxylic acids is 3. The van der Waals surface area contributed by atoms with Crippen LogP contribution in [0.5, 0.6) is 0 Å². The summed E-state index contributed by atoms with van der Waals surface area (Å²) in [5.41, 5.74) is 7.86. The predicted molar refractivity (Wildman–Crippen MR) is 85.4 cm³/mol. The van der Waals surface area contributed by atoms with Crippen molar-refractivity contribution in [3.8, 4) is 0 Å². The molecule has 23 heavy (non-hydrogen) atoms. The lowest BCUT2D eigenvalue weighted by atomic mass is 10.1. The second kappa shape index (κ2) is 10.1. The van der Waals surface area contributed by atoms with E-state index < -0.39 is 11.8 Å². The summed E-state index contributed by atoms with van der Waals surface area (Å²) < 4.78 is 0. The SMILES string of the molecule is NC(=O)c1cccc(/C=C/C(=O)NCCCCCC(=O)NO)c1. The molecule has 1 aromatic carbocycles. The summed E-state index contributed by atoms with van der Waals surface area (Å²) in [4.78, 5) is 33.5. The lowest BCUT2D eigenvalue weighted by Crippen LogP contribution is -2.22. The standard InChI is InChI=1S/C16H21N3O4/c17-16(22)13-6-4-5-12(11-13)8-9-14(20)18-10-3-1-2-7-15(21)19-23/h4-6,8-9,11,23H,1-3,7,10H2,(H2,17,22)(H,18,20)(H,19,21)/b9-8+. The molecule has 0 heterocycles. The minimum atomic E-state index is -0.514. The highest BCUT2D eigenvalue weighted by atomic mass is 16.5. The largest absolute Gasteiger partial charge is 0.366 e. The number of carbonyl (C=O) groups is 3. The molecule has 1 aromatic rings. The van der Waals surface area contributed by atoms with Gasteiger partial charge in [-0.25, -0.2) is 5.48 Å². The molecule has 0 aromatic heterocycles. The first-order chi connectivity index (χ1) is 11.0. The van der Waals surface area contributed by atoms with Crippen LogP contribution >= 0.6 is 0 Å². The quantitative estimate of drug-likeness (QED) is 0.234. The average Bonchev–Trinajstić information content (AvgIpc) is 2.56. The molecular weight excluding hydrogens is 298 g/mol. The van der Waals surface area contributed by atoms with Crippen molar-refractivity contribution in [2.75, 3.05) is 6.54 Å². The van der Waals surface area contributed by atoms with Crippen molar-refractivity contribution < 1.29 is 19.6 Å². The van der Waals surface area contributed by atoms with Crippen molar-refractivity contribution in [2.24, 2.45) is 5.73 Å². The summed E-state index contributed by atoms with van der Waals surface area (Å²) in [5.74, 6) is -1.16. The molecule has 7 heteroatoms. The molecule has 3 amide bonds. The molecule has 0 fully saturated rings. The molecule has 0 saturated carbocycles. The number of benzene rings is 1. The van der Waals surface area contributed by atoms with E-state index in [1.165, 1.54) is 6.08 Å². The molecule has 0 aliphatic heterocycles. The molecule has 0 saturated heterocycles. The van der Waals surface area contributed by atoms with Gasteiger partial charge < -0.3 is 11.1 Å². The Kier molecular flexibility index (Phi) is 8.09. The zero-order valence-electron chi connectivity index (χ0n) is 12.7. The fourth-order valence-electron chi connectivity index (χ4n) is 1.88. The van der Waals surface area contributed by atoms with E-state index in [-0.39, 0.29) is 12.3 Å². The first-order valence-corrected chi connectivity index (χ1v) is 7.31. The molecule has 0 spiro atoms. The normalized spacial score (nSPS) is 10.5. The highest BCUT2D eigenvalue weighted by molar-refractivity contribution is 5.94. The van der Waals surface area contributed by atoms with Crippen LogP contribution in [0.4, 0.5) is 0 Å². The Morgan fingerprint density at radius 2 is 1.96 bits per heavy atom. The maximum Gasteiger partial charge on any atom is 0.248 e. The fraction of sp³-hybridized carbons (Fsp3) is 0.312. The number of hydrogen-bond acceptors (Lipinski definition) is 4. The van der Waals surface area contributed by atoms with Crippen molar-refractivity contribution in [1.82, 2.24) is 10.8 Å². The van der Waals surface area contributed by atoms with Crippen molar-refractivity contribution in [2.45, 2.75) is 25.7 Å². The first kappa shape index (κ1) is 18.4. The maximum absolute atomic E-state index is 11.6. The minimum Gasteiger partial charge on any atom is -0.366 e. The smallest absolute Gasteiger partial charge is 0.248 e. The first-order valence-electron chi connectivity index (χ1n) is 7.31. The number of primary amides is 1. The van der Waals surface area contributed by atoms with E-state index in [1.54, 1.807) is 35.8 Å². The molecule has 1 rings (SSSR count). The van der Waals surface area contributed by atoms with E-state index in [1.807, 2.05) is 0 Å². The fourth-order valence-corrected chi connectivity index (χ4v) is 1.88. The summed E-state index contributed by atoms with van der Waals surface area (Å²) in [5, 5.41) is 11.0.